The normalized spacial score (nSPS) is 19.6. The maximum absolute atomic E-state index is 11.0. The van der Waals surface area contributed by atoms with Crippen molar-refractivity contribution in [3.63, 3.8) is 0 Å². The molecule has 2 aliphatic rings. The average molecular weight is 245 g/mol. The molecule has 2 aliphatic heterocycles. The second-order valence-corrected chi connectivity index (χ2v) is 5.11. The van der Waals surface area contributed by atoms with E-state index in [1.165, 1.54) is 25.7 Å². The van der Waals surface area contributed by atoms with E-state index >= 15 is 0 Å². The summed E-state index contributed by atoms with van der Waals surface area (Å²) in [6.07, 6.45) is 5.81. The maximum atomic E-state index is 11.0. The molecule has 1 aromatic heterocycles. The molecular formula is C14H19N3O. The van der Waals surface area contributed by atoms with E-state index in [0.717, 1.165) is 44.0 Å². The number of anilines is 2. The van der Waals surface area contributed by atoms with E-state index < -0.39 is 0 Å². The highest BCUT2D eigenvalue weighted by Crippen LogP contribution is 2.26. The van der Waals surface area contributed by atoms with Crippen molar-refractivity contribution in [2.75, 3.05) is 36.0 Å². The third-order valence-electron chi connectivity index (χ3n) is 3.84. The van der Waals surface area contributed by atoms with Crippen molar-refractivity contribution in [3.8, 4) is 0 Å². The molecule has 0 bridgehead atoms. The van der Waals surface area contributed by atoms with Gasteiger partial charge in [-0.3, -0.25) is 4.79 Å². The SMILES string of the molecule is O=Cc1cc(N2CCCC2)cc(N2CCCC2)n1. The van der Waals surface area contributed by atoms with Crippen molar-refractivity contribution in [2.24, 2.45) is 0 Å². The van der Waals surface area contributed by atoms with Gasteiger partial charge in [-0.05, 0) is 31.7 Å². The van der Waals surface area contributed by atoms with E-state index in [1.54, 1.807) is 0 Å². The summed E-state index contributed by atoms with van der Waals surface area (Å²) in [6, 6.07) is 4.06. The Hall–Kier alpha value is -1.58. The van der Waals surface area contributed by atoms with Crippen LogP contribution in [0.15, 0.2) is 12.1 Å². The van der Waals surface area contributed by atoms with Crippen molar-refractivity contribution in [1.82, 2.24) is 4.98 Å². The molecule has 0 spiro atoms. The lowest BCUT2D eigenvalue weighted by Crippen LogP contribution is -2.22. The number of carbonyl (C=O) groups is 1. The van der Waals surface area contributed by atoms with Gasteiger partial charge in [0.2, 0.25) is 0 Å². The fraction of sp³-hybridized carbons (Fsp3) is 0.571. The first-order valence-corrected chi connectivity index (χ1v) is 6.84. The lowest BCUT2D eigenvalue weighted by atomic mass is 10.3. The number of hydrogen-bond donors (Lipinski definition) is 0. The molecule has 0 aliphatic carbocycles. The van der Waals surface area contributed by atoms with E-state index in [0.29, 0.717) is 5.69 Å². The van der Waals surface area contributed by atoms with Gasteiger partial charge in [0.15, 0.2) is 6.29 Å². The van der Waals surface area contributed by atoms with Gasteiger partial charge in [-0.2, -0.15) is 0 Å². The second kappa shape index (κ2) is 4.96. The van der Waals surface area contributed by atoms with Crippen LogP contribution in [-0.4, -0.2) is 37.4 Å². The topological polar surface area (TPSA) is 36.4 Å². The van der Waals surface area contributed by atoms with Crippen LogP contribution in [-0.2, 0) is 0 Å². The molecule has 0 radical (unpaired) electrons. The number of rotatable bonds is 3. The Morgan fingerprint density at radius 2 is 1.56 bits per heavy atom. The fourth-order valence-corrected chi connectivity index (χ4v) is 2.85. The summed E-state index contributed by atoms with van der Waals surface area (Å²) in [6.45, 7) is 4.33. The van der Waals surface area contributed by atoms with Crippen LogP contribution < -0.4 is 9.80 Å². The van der Waals surface area contributed by atoms with Gasteiger partial charge in [0.1, 0.15) is 11.5 Å². The smallest absolute Gasteiger partial charge is 0.168 e. The number of aromatic nitrogens is 1. The molecule has 2 saturated heterocycles. The Balaban J connectivity index is 1.92. The molecular weight excluding hydrogens is 226 g/mol. The van der Waals surface area contributed by atoms with E-state index in [-0.39, 0.29) is 0 Å². The lowest BCUT2D eigenvalue weighted by molar-refractivity contribution is 0.111. The van der Waals surface area contributed by atoms with Crippen LogP contribution in [0.3, 0.4) is 0 Å². The standard InChI is InChI=1S/C14H19N3O/c18-11-12-9-13(16-5-1-2-6-16)10-14(15-12)17-7-3-4-8-17/h9-11H,1-8H2. The number of carbonyl (C=O) groups excluding carboxylic acids is 1. The van der Waals surface area contributed by atoms with Crippen LogP contribution in [0.25, 0.3) is 0 Å². The quantitative estimate of drug-likeness (QED) is 0.764. The Kier molecular flexibility index (Phi) is 3.17. The molecule has 0 N–H and O–H groups in total. The number of pyridine rings is 1. The minimum atomic E-state index is 0.557. The zero-order valence-corrected chi connectivity index (χ0v) is 10.6. The predicted molar refractivity (Wildman–Crippen MR) is 72.5 cm³/mol. The number of aldehydes is 1. The summed E-state index contributed by atoms with van der Waals surface area (Å²) in [5, 5.41) is 0. The molecule has 0 atom stereocenters. The highest BCUT2D eigenvalue weighted by Gasteiger charge is 2.18. The van der Waals surface area contributed by atoms with Gasteiger partial charge in [-0.1, -0.05) is 0 Å². The third-order valence-corrected chi connectivity index (χ3v) is 3.84. The van der Waals surface area contributed by atoms with Gasteiger partial charge in [0, 0.05) is 37.9 Å². The molecule has 0 unspecified atom stereocenters. The lowest BCUT2D eigenvalue weighted by Gasteiger charge is -2.22. The summed E-state index contributed by atoms with van der Waals surface area (Å²) < 4.78 is 0. The van der Waals surface area contributed by atoms with Crippen molar-refractivity contribution in [1.29, 1.82) is 0 Å². The van der Waals surface area contributed by atoms with Crippen LogP contribution in [0.2, 0.25) is 0 Å². The van der Waals surface area contributed by atoms with Crippen LogP contribution in [0.1, 0.15) is 36.2 Å². The van der Waals surface area contributed by atoms with Gasteiger partial charge in [-0.25, -0.2) is 4.98 Å². The molecule has 0 aromatic carbocycles. The van der Waals surface area contributed by atoms with E-state index in [9.17, 15) is 4.79 Å². The molecule has 4 heteroatoms. The molecule has 4 nitrogen and oxygen atoms in total. The fourth-order valence-electron chi connectivity index (χ4n) is 2.85. The van der Waals surface area contributed by atoms with Crippen LogP contribution >= 0.6 is 0 Å². The highest BCUT2D eigenvalue weighted by molar-refractivity contribution is 5.76. The van der Waals surface area contributed by atoms with Gasteiger partial charge in [0.05, 0.1) is 0 Å². The monoisotopic (exact) mass is 245 g/mol. The summed E-state index contributed by atoms with van der Waals surface area (Å²) in [4.78, 5) is 20.1. The minimum Gasteiger partial charge on any atom is -0.371 e. The number of nitrogens with zero attached hydrogens (tertiary/aromatic N) is 3. The van der Waals surface area contributed by atoms with Crippen molar-refractivity contribution < 1.29 is 4.79 Å². The minimum absolute atomic E-state index is 0.557. The first kappa shape index (κ1) is 11.5. The molecule has 18 heavy (non-hydrogen) atoms. The summed E-state index contributed by atoms with van der Waals surface area (Å²) in [7, 11) is 0. The van der Waals surface area contributed by atoms with Crippen LogP contribution in [0.4, 0.5) is 11.5 Å². The van der Waals surface area contributed by atoms with Gasteiger partial charge >= 0.3 is 0 Å². The molecule has 96 valence electrons. The Labute approximate surface area is 108 Å². The zero-order valence-electron chi connectivity index (χ0n) is 10.6. The Bertz CT molecular complexity index is 400. The summed E-state index contributed by atoms with van der Waals surface area (Å²) >= 11 is 0. The molecule has 1 aromatic rings. The molecule has 3 heterocycles. The predicted octanol–water partition coefficient (Wildman–Crippen LogP) is 2.09. The van der Waals surface area contributed by atoms with E-state index in [1.807, 2.05) is 6.07 Å². The number of hydrogen-bond acceptors (Lipinski definition) is 4. The first-order valence-electron chi connectivity index (χ1n) is 6.84. The molecule has 0 amide bonds. The van der Waals surface area contributed by atoms with Crippen molar-refractivity contribution in [2.45, 2.75) is 25.7 Å². The molecule has 0 saturated carbocycles. The Morgan fingerprint density at radius 1 is 0.944 bits per heavy atom. The highest BCUT2D eigenvalue weighted by atomic mass is 16.1. The largest absolute Gasteiger partial charge is 0.371 e. The van der Waals surface area contributed by atoms with E-state index in [2.05, 4.69) is 20.9 Å². The molecule has 3 rings (SSSR count). The van der Waals surface area contributed by atoms with Crippen LogP contribution in [0.5, 0.6) is 0 Å². The first-order chi connectivity index (χ1) is 8.86. The van der Waals surface area contributed by atoms with Gasteiger partial charge in [-0.15, -0.1) is 0 Å². The average Bonchev–Trinajstić information content (AvgIpc) is 3.10. The third kappa shape index (κ3) is 2.19. The maximum Gasteiger partial charge on any atom is 0.168 e. The van der Waals surface area contributed by atoms with Crippen molar-refractivity contribution in [3.05, 3.63) is 17.8 Å². The van der Waals surface area contributed by atoms with Gasteiger partial charge in [0.25, 0.3) is 0 Å². The second-order valence-electron chi connectivity index (χ2n) is 5.11. The van der Waals surface area contributed by atoms with E-state index in [4.69, 9.17) is 0 Å². The summed E-state index contributed by atoms with van der Waals surface area (Å²) in [5.74, 6) is 0.971. The van der Waals surface area contributed by atoms with Crippen molar-refractivity contribution >= 4 is 17.8 Å². The van der Waals surface area contributed by atoms with Crippen LogP contribution in [0, 0.1) is 0 Å². The molecule has 2 fully saturated rings. The van der Waals surface area contributed by atoms with Gasteiger partial charge < -0.3 is 9.80 Å². The summed E-state index contributed by atoms with van der Waals surface area (Å²) in [5.41, 5.74) is 1.72. The zero-order chi connectivity index (χ0) is 12.4. The Morgan fingerprint density at radius 3 is 2.17 bits per heavy atom.